The molecule has 2 rings (SSSR count). The van der Waals surface area contributed by atoms with Gasteiger partial charge in [-0.05, 0) is 43.7 Å². The van der Waals surface area contributed by atoms with Crippen LogP contribution < -0.4 is 11.3 Å². The second-order valence-electron chi connectivity index (χ2n) is 4.70. The number of hydrogen-bond donors (Lipinski definition) is 2. The molecule has 1 heterocycles. The summed E-state index contributed by atoms with van der Waals surface area (Å²) in [6, 6.07) is 7.21. The highest BCUT2D eigenvalue weighted by Gasteiger charge is 2.12. The molecule has 1 unspecified atom stereocenters. The average molecular weight is 310 g/mol. The normalized spacial score (nSPS) is 12.4. The fourth-order valence-electron chi connectivity index (χ4n) is 1.87. The van der Waals surface area contributed by atoms with E-state index in [1.165, 1.54) is 17.8 Å². The van der Waals surface area contributed by atoms with E-state index in [-0.39, 0.29) is 11.6 Å². The first-order chi connectivity index (χ1) is 9.45. The molecule has 0 aliphatic heterocycles. The Balaban J connectivity index is 2.39. The van der Waals surface area contributed by atoms with Crippen LogP contribution in [0.15, 0.2) is 39.1 Å². The van der Waals surface area contributed by atoms with Crippen LogP contribution in [-0.4, -0.2) is 16.0 Å². The van der Waals surface area contributed by atoms with E-state index in [0.717, 1.165) is 16.9 Å². The number of hydrogen-bond acceptors (Lipinski definition) is 4. The fraction of sp³-hybridized carbons (Fsp3) is 0.286. The Morgan fingerprint density at radius 2 is 2.25 bits per heavy atom. The second kappa shape index (κ2) is 6.43. The van der Waals surface area contributed by atoms with Crippen molar-refractivity contribution in [3.8, 4) is 0 Å². The Hall–Kier alpha value is -1.30. The summed E-state index contributed by atoms with van der Waals surface area (Å²) in [6.45, 7) is 3.73. The molecule has 0 fully saturated rings. The van der Waals surface area contributed by atoms with Gasteiger partial charge in [-0.2, -0.15) is 0 Å². The third-order valence-corrected chi connectivity index (χ3v) is 4.14. The predicted molar refractivity (Wildman–Crippen MR) is 82.5 cm³/mol. The van der Waals surface area contributed by atoms with Crippen molar-refractivity contribution in [3.05, 3.63) is 50.9 Å². The summed E-state index contributed by atoms with van der Waals surface area (Å²) in [5, 5.41) is 1.17. The molecule has 6 heteroatoms. The van der Waals surface area contributed by atoms with Crippen LogP contribution in [0.2, 0.25) is 5.02 Å². The Morgan fingerprint density at radius 3 is 2.90 bits per heavy atom. The van der Waals surface area contributed by atoms with Gasteiger partial charge >= 0.3 is 0 Å². The number of nitrogens with one attached hydrogen (secondary N) is 1. The van der Waals surface area contributed by atoms with Crippen LogP contribution in [-0.2, 0) is 6.42 Å². The third-order valence-electron chi connectivity index (χ3n) is 2.64. The quantitative estimate of drug-likeness (QED) is 0.852. The predicted octanol–water partition coefficient (Wildman–Crippen LogP) is 2.77. The molecule has 0 saturated heterocycles. The lowest BCUT2D eigenvalue weighted by Gasteiger charge is -2.12. The summed E-state index contributed by atoms with van der Waals surface area (Å²) in [6.07, 6.45) is 0.721. The second-order valence-corrected chi connectivity index (χ2v) is 6.11. The van der Waals surface area contributed by atoms with Crippen molar-refractivity contribution in [2.45, 2.75) is 36.4 Å². The van der Waals surface area contributed by atoms with Crippen molar-refractivity contribution >= 4 is 23.4 Å². The molecule has 0 bridgehead atoms. The van der Waals surface area contributed by atoms with E-state index in [1.54, 1.807) is 6.92 Å². The van der Waals surface area contributed by atoms with Crippen LogP contribution in [0.5, 0.6) is 0 Å². The highest BCUT2D eigenvalue weighted by Crippen LogP contribution is 2.34. The largest absolute Gasteiger partial charge is 0.328 e. The Labute approximate surface area is 126 Å². The maximum atomic E-state index is 11.5. The lowest BCUT2D eigenvalue weighted by atomic mass is 10.1. The molecule has 0 radical (unpaired) electrons. The Bertz CT molecular complexity index is 670. The highest BCUT2D eigenvalue weighted by atomic mass is 35.5. The third kappa shape index (κ3) is 3.85. The van der Waals surface area contributed by atoms with E-state index < -0.39 is 0 Å². The summed E-state index contributed by atoms with van der Waals surface area (Å²) >= 11 is 7.62. The minimum atomic E-state index is -0.166. The number of nitrogens with two attached hydrogens (primary N) is 1. The van der Waals surface area contributed by atoms with Gasteiger partial charge in [0, 0.05) is 22.7 Å². The van der Waals surface area contributed by atoms with Gasteiger partial charge < -0.3 is 10.7 Å². The summed E-state index contributed by atoms with van der Waals surface area (Å²) in [7, 11) is 0. The topological polar surface area (TPSA) is 71.8 Å². The maximum Gasteiger partial charge on any atom is 0.251 e. The van der Waals surface area contributed by atoms with Gasteiger partial charge in [0.25, 0.3) is 5.56 Å². The standard InChI is InChI=1S/C14H16ClN3OS/c1-8(16)6-10-4-3-5-11(15)13(10)20-14-17-9(2)7-12(19)18-14/h3-5,7-8H,6,16H2,1-2H3,(H,17,18,19). The van der Waals surface area contributed by atoms with Gasteiger partial charge in [-0.25, -0.2) is 4.98 Å². The van der Waals surface area contributed by atoms with Gasteiger partial charge in [0.1, 0.15) is 0 Å². The van der Waals surface area contributed by atoms with E-state index in [1.807, 2.05) is 25.1 Å². The van der Waals surface area contributed by atoms with E-state index in [9.17, 15) is 4.79 Å². The summed E-state index contributed by atoms with van der Waals surface area (Å²) in [5.41, 5.74) is 7.43. The Kier molecular flexibility index (Phi) is 4.86. The molecule has 0 spiro atoms. The first-order valence-electron chi connectivity index (χ1n) is 6.24. The smallest absolute Gasteiger partial charge is 0.251 e. The zero-order valence-electron chi connectivity index (χ0n) is 11.3. The van der Waals surface area contributed by atoms with Crippen LogP contribution in [0.1, 0.15) is 18.2 Å². The molecule has 0 aliphatic carbocycles. The lowest BCUT2D eigenvalue weighted by Crippen LogP contribution is -2.18. The van der Waals surface area contributed by atoms with Gasteiger partial charge in [0.2, 0.25) is 0 Å². The van der Waals surface area contributed by atoms with Crippen molar-refractivity contribution in [2.24, 2.45) is 5.73 Å². The van der Waals surface area contributed by atoms with Crippen LogP contribution in [0, 0.1) is 6.92 Å². The molecule has 20 heavy (non-hydrogen) atoms. The molecule has 106 valence electrons. The van der Waals surface area contributed by atoms with Crippen LogP contribution >= 0.6 is 23.4 Å². The Morgan fingerprint density at radius 1 is 1.50 bits per heavy atom. The maximum absolute atomic E-state index is 11.5. The highest BCUT2D eigenvalue weighted by molar-refractivity contribution is 7.99. The van der Waals surface area contributed by atoms with Crippen LogP contribution in [0.4, 0.5) is 0 Å². The number of nitrogens with zero attached hydrogens (tertiary/aromatic N) is 1. The molecule has 1 aromatic carbocycles. The number of benzene rings is 1. The molecule has 4 nitrogen and oxygen atoms in total. The van der Waals surface area contributed by atoms with Crippen molar-refractivity contribution < 1.29 is 0 Å². The molecule has 0 aliphatic rings. The number of halogens is 1. The van der Waals surface area contributed by atoms with E-state index in [0.29, 0.717) is 15.9 Å². The van der Waals surface area contributed by atoms with E-state index in [4.69, 9.17) is 17.3 Å². The number of rotatable bonds is 4. The van der Waals surface area contributed by atoms with Gasteiger partial charge in [-0.15, -0.1) is 0 Å². The molecular weight excluding hydrogens is 294 g/mol. The molecule has 0 amide bonds. The first-order valence-corrected chi connectivity index (χ1v) is 7.44. The van der Waals surface area contributed by atoms with Crippen molar-refractivity contribution in [1.82, 2.24) is 9.97 Å². The van der Waals surface area contributed by atoms with Gasteiger partial charge in [0.15, 0.2) is 5.16 Å². The van der Waals surface area contributed by atoms with Crippen molar-refractivity contribution in [2.75, 3.05) is 0 Å². The van der Waals surface area contributed by atoms with Gasteiger partial charge in [0.05, 0.1) is 5.02 Å². The number of aryl methyl sites for hydroxylation is 1. The fourth-order valence-corrected chi connectivity index (χ4v) is 3.16. The zero-order valence-corrected chi connectivity index (χ0v) is 12.9. The molecule has 0 saturated carbocycles. The van der Waals surface area contributed by atoms with Crippen molar-refractivity contribution in [3.63, 3.8) is 0 Å². The van der Waals surface area contributed by atoms with Gasteiger partial charge in [-0.3, -0.25) is 4.79 Å². The van der Waals surface area contributed by atoms with Gasteiger partial charge in [-0.1, -0.05) is 23.7 Å². The monoisotopic (exact) mass is 309 g/mol. The van der Waals surface area contributed by atoms with Crippen molar-refractivity contribution in [1.29, 1.82) is 0 Å². The first kappa shape index (κ1) is 15.1. The minimum Gasteiger partial charge on any atom is -0.328 e. The summed E-state index contributed by atoms with van der Waals surface area (Å²) < 4.78 is 0. The average Bonchev–Trinajstić information content (AvgIpc) is 2.31. The number of aromatic amines is 1. The number of H-pyrrole nitrogens is 1. The lowest BCUT2D eigenvalue weighted by molar-refractivity contribution is 0.729. The summed E-state index contributed by atoms with van der Waals surface area (Å²) in [4.78, 5) is 19.4. The molecule has 3 N–H and O–H groups in total. The zero-order chi connectivity index (χ0) is 14.7. The van der Waals surface area contributed by atoms with E-state index >= 15 is 0 Å². The van der Waals surface area contributed by atoms with E-state index in [2.05, 4.69) is 9.97 Å². The minimum absolute atomic E-state index is 0.0392. The van der Waals surface area contributed by atoms with Crippen LogP contribution in [0.3, 0.4) is 0 Å². The number of aromatic nitrogens is 2. The summed E-state index contributed by atoms with van der Waals surface area (Å²) in [5.74, 6) is 0. The van der Waals surface area contributed by atoms with Crippen LogP contribution in [0.25, 0.3) is 0 Å². The molecular formula is C14H16ClN3OS. The SMILES string of the molecule is Cc1cc(=O)[nH]c(Sc2c(Cl)cccc2CC(C)N)n1. The molecule has 1 aromatic heterocycles. The molecule has 1 atom stereocenters. The molecule has 2 aromatic rings.